The molecule has 9 rings (SSSR count). The third-order valence-corrected chi connectivity index (χ3v) is 17.1. The molecule has 0 saturated heterocycles. The highest BCUT2D eigenvalue weighted by atomic mass is 35.5. The summed E-state index contributed by atoms with van der Waals surface area (Å²) in [6.07, 6.45) is 16.6. The Kier molecular flexibility index (Phi) is 35.2. The third kappa shape index (κ3) is 26.6. The lowest BCUT2D eigenvalue weighted by molar-refractivity contribution is 0.0960. The van der Waals surface area contributed by atoms with E-state index in [0.29, 0.717) is 28.7 Å². The Morgan fingerprint density at radius 1 is 0.594 bits per heavy atom. The van der Waals surface area contributed by atoms with Crippen LogP contribution in [0.1, 0.15) is 157 Å². The predicted molar refractivity (Wildman–Crippen MR) is 414 cm³/mol. The van der Waals surface area contributed by atoms with Gasteiger partial charge in [0.15, 0.2) is 0 Å². The van der Waals surface area contributed by atoms with Gasteiger partial charge in [-0.25, -0.2) is 0 Å². The van der Waals surface area contributed by atoms with E-state index in [1.54, 1.807) is 26.3 Å². The Labute approximate surface area is 608 Å². The summed E-state index contributed by atoms with van der Waals surface area (Å²) in [6.45, 7) is 30.3. The molecule has 4 N–H and O–H groups in total. The number of hydrogen-bond acceptors (Lipinski definition) is 14. The molecule has 0 radical (unpaired) electrons. The van der Waals surface area contributed by atoms with Crippen molar-refractivity contribution in [3.8, 4) is 73.4 Å². The van der Waals surface area contributed by atoms with Crippen LogP contribution in [-0.2, 0) is 38.0 Å². The molecule has 0 saturated carbocycles. The zero-order valence-corrected chi connectivity index (χ0v) is 64.3. The fourth-order valence-electron chi connectivity index (χ4n) is 11.4. The van der Waals surface area contributed by atoms with Crippen LogP contribution in [-0.4, -0.2) is 160 Å². The molecule has 0 aliphatic heterocycles. The summed E-state index contributed by atoms with van der Waals surface area (Å²) in [7, 11) is 13.9. The molecule has 0 bridgehead atoms. The average molecular weight is 1400 g/mol. The van der Waals surface area contributed by atoms with Gasteiger partial charge >= 0.3 is 0 Å². The first kappa shape index (κ1) is 81.7. The summed E-state index contributed by atoms with van der Waals surface area (Å²) in [5.41, 5.74) is 16.3. The lowest BCUT2D eigenvalue weighted by Gasteiger charge is -2.17. The zero-order chi connectivity index (χ0) is 73.2. The van der Waals surface area contributed by atoms with Crippen molar-refractivity contribution in [2.45, 2.75) is 165 Å². The van der Waals surface area contributed by atoms with Crippen LogP contribution < -0.4 is 24.3 Å². The predicted octanol–water partition coefficient (Wildman–Crippen LogP) is 17.7. The number of carbonyl (C=O) groups excluding carboxylic acids is 1. The van der Waals surface area contributed by atoms with Crippen LogP contribution in [0.5, 0.6) is 28.7 Å². The van der Waals surface area contributed by atoms with Crippen molar-refractivity contribution in [1.82, 2.24) is 65.3 Å². The second-order valence-electron chi connectivity index (χ2n) is 26.6. The maximum absolute atomic E-state index is 12.0. The molecule has 0 unspecified atom stereocenters. The fraction of sp³-hybridized carbons (Fsp3) is 0.469. The molecule has 4 heterocycles. The molecular formula is C81H116ClN13O6. The largest absolute Gasteiger partial charge is 0.494 e. The van der Waals surface area contributed by atoms with Gasteiger partial charge in [-0.2, -0.15) is 20.4 Å². The van der Waals surface area contributed by atoms with Crippen LogP contribution in [0.4, 0.5) is 0 Å². The van der Waals surface area contributed by atoms with E-state index in [-0.39, 0.29) is 18.1 Å². The molecule has 0 atom stereocenters. The maximum Gasteiger partial charge on any atom is 0.254 e. The van der Waals surface area contributed by atoms with Crippen molar-refractivity contribution in [2.24, 2.45) is 7.05 Å². The van der Waals surface area contributed by atoms with Gasteiger partial charge in [0.2, 0.25) is 0 Å². The number of amides is 1. The molecule has 101 heavy (non-hydrogen) atoms. The number of ether oxygens (including phenoxy) is 5. The number of unbranched alkanes of at least 4 members (excludes halogenated alkanes) is 4. The summed E-state index contributed by atoms with van der Waals surface area (Å²) >= 11 is 6.46. The van der Waals surface area contributed by atoms with Gasteiger partial charge in [-0.15, -0.1) is 0 Å². The SMILES string of the molecule is CCCCN(C)Cc1[nH]ncc1-c1cc(C)c(OC(C)C)c(Cl)c1.CCCCN(C)Cc1c(-c2ccc(OCCCOC)cc2)cnn1C.CCCCN(C)Cc1cn[nH]c1-c1ccc(Oc2ccccc2C(=O)NC)cc1.CCCCN(C)Cc1n[nH]c(C)c1-c1ccc(OC(C)C)cc1. The van der Waals surface area contributed by atoms with Crippen molar-refractivity contribution in [1.29, 1.82) is 0 Å². The van der Waals surface area contributed by atoms with Crippen molar-refractivity contribution < 1.29 is 28.5 Å². The number of H-pyrrole nitrogens is 3. The van der Waals surface area contributed by atoms with Gasteiger partial charge in [-0.1, -0.05) is 101 Å². The number of methoxy groups -OCH3 is 1. The minimum atomic E-state index is -0.175. The summed E-state index contributed by atoms with van der Waals surface area (Å²) in [4.78, 5) is 21.3. The van der Waals surface area contributed by atoms with E-state index < -0.39 is 0 Å². The van der Waals surface area contributed by atoms with Crippen LogP contribution in [0.25, 0.3) is 44.6 Å². The van der Waals surface area contributed by atoms with Crippen molar-refractivity contribution in [3.05, 3.63) is 172 Å². The number of carbonyl (C=O) groups is 1. The molecule has 5 aromatic carbocycles. The molecule has 0 aliphatic rings. The molecule has 9 aromatic rings. The van der Waals surface area contributed by atoms with Crippen molar-refractivity contribution >= 4 is 17.5 Å². The summed E-state index contributed by atoms with van der Waals surface area (Å²) < 4.78 is 30.2. The lowest BCUT2D eigenvalue weighted by atomic mass is 10.0. The topological polar surface area (TPSA) is 192 Å². The minimum Gasteiger partial charge on any atom is -0.494 e. The summed E-state index contributed by atoms with van der Waals surface area (Å²) in [6, 6.07) is 35.7. The van der Waals surface area contributed by atoms with Gasteiger partial charge in [0.1, 0.15) is 28.7 Å². The van der Waals surface area contributed by atoms with Crippen molar-refractivity contribution in [2.75, 3.05) is 81.7 Å². The van der Waals surface area contributed by atoms with Crippen LogP contribution in [0.3, 0.4) is 0 Å². The van der Waals surface area contributed by atoms with Gasteiger partial charge in [-0.05, 0) is 217 Å². The number of hydrogen-bond donors (Lipinski definition) is 4. The summed E-state index contributed by atoms with van der Waals surface area (Å²) in [5, 5.41) is 30.1. The molecular weight excluding hydrogens is 1290 g/mol. The molecule has 4 aromatic heterocycles. The lowest BCUT2D eigenvalue weighted by Crippen LogP contribution is -2.21. The molecule has 0 aliphatic carbocycles. The number of aryl methyl sites for hydroxylation is 3. The van der Waals surface area contributed by atoms with E-state index in [1.165, 1.54) is 84.9 Å². The Morgan fingerprint density at radius 2 is 1.16 bits per heavy atom. The monoisotopic (exact) mass is 1400 g/mol. The first-order valence-corrected chi connectivity index (χ1v) is 36.5. The maximum atomic E-state index is 12.0. The number of aromatic amines is 3. The number of para-hydroxylation sites is 1. The van der Waals surface area contributed by atoms with E-state index in [4.69, 9.17) is 35.3 Å². The second-order valence-corrected chi connectivity index (χ2v) is 27.0. The molecule has 0 fully saturated rings. The van der Waals surface area contributed by atoms with Crippen LogP contribution in [0.2, 0.25) is 5.02 Å². The Hall–Kier alpha value is -8.30. The van der Waals surface area contributed by atoms with E-state index >= 15 is 0 Å². The van der Waals surface area contributed by atoms with Crippen molar-refractivity contribution in [3.63, 3.8) is 0 Å². The number of rotatable bonds is 36. The number of halogens is 1. The molecule has 19 nitrogen and oxygen atoms in total. The molecule has 548 valence electrons. The van der Waals surface area contributed by atoms with Gasteiger partial charge in [0, 0.05) is 93.9 Å². The first-order valence-electron chi connectivity index (χ1n) is 36.1. The summed E-state index contributed by atoms with van der Waals surface area (Å²) in [5.74, 6) is 3.59. The van der Waals surface area contributed by atoms with Gasteiger partial charge in [0.05, 0.1) is 70.8 Å². The quantitative estimate of drug-likeness (QED) is 0.0271. The van der Waals surface area contributed by atoms with Gasteiger partial charge < -0.3 is 48.6 Å². The Morgan fingerprint density at radius 3 is 1.76 bits per heavy atom. The standard InChI is InChI=1S/C23H28N4O2.C20H31N3O2.C19H28ClN3O.C19H29N3O/c1-4-5-14-27(3)16-18-15-25-26-22(18)17-10-12-19(13-11-17)29-21-9-7-6-8-20(21)23(28)24-2;1-5-6-12-22(2)16-20-19(15-21-23(20)3)17-8-10-18(11-9-17)25-14-7-13-24-4;1-6-7-8-23(5)12-18-16(11-21-22-18)15-9-14(4)19(17(20)10-15)24-13(2)3;1-6-7-12-22(5)13-18-19(15(4)20-21-18)16-8-10-17(11-9-16)23-14(2)3/h6-13,15H,4-5,14,16H2,1-3H3,(H,24,28)(H,25,26);8-11,15H,5-7,12-14,16H2,1-4H3;9-11,13H,6-8,12H2,1-5H3,(H,21,22);8-11,14H,6-7,12-13H2,1-5H3,(H,20,21). The Bertz CT molecular complexity index is 3780. The highest BCUT2D eigenvalue weighted by molar-refractivity contribution is 6.32. The zero-order valence-electron chi connectivity index (χ0n) is 63.6. The van der Waals surface area contributed by atoms with Gasteiger partial charge in [-0.3, -0.25) is 24.8 Å². The fourth-order valence-corrected chi connectivity index (χ4v) is 11.7. The molecule has 1 amide bonds. The highest BCUT2D eigenvalue weighted by Crippen LogP contribution is 2.37. The average Bonchev–Trinajstić information content (AvgIpc) is 1.20. The second kappa shape index (κ2) is 43.5. The Balaban J connectivity index is 0.000000213. The minimum absolute atomic E-state index is 0.101. The van der Waals surface area contributed by atoms with Crippen LogP contribution in [0.15, 0.2) is 128 Å². The molecule has 0 spiro atoms. The highest BCUT2D eigenvalue weighted by Gasteiger charge is 2.19. The normalized spacial score (nSPS) is 11.2. The number of aromatic nitrogens is 8. The number of benzene rings is 5. The van der Waals surface area contributed by atoms with E-state index in [9.17, 15) is 4.79 Å². The third-order valence-electron chi connectivity index (χ3n) is 16.9. The van der Waals surface area contributed by atoms with E-state index in [2.05, 4.69) is 154 Å². The number of nitrogens with one attached hydrogen (secondary N) is 4. The number of nitrogens with zero attached hydrogens (tertiary/aromatic N) is 9. The van der Waals surface area contributed by atoms with E-state index in [1.807, 2.05) is 132 Å². The van der Waals surface area contributed by atoms with Gasteiger partial charge in [0.25, 0.3) is 5.91 Å². The first-order chi connectivity index (χ1) is 48.7. The van der Waals surface area contributed by atoms with E-state index in [0.717, 1.165) is 128 Å². The molecule has 20 heteroatoms. The van der Waals surface area contributed by atoms with Crippen LogP contribution in [0, 0.1) is 13.8 Å². The van der Waals surface area contributed by atoms with Crippen LogP contribution >= 0.6 is 11.6 Å². The smallest absolute Gasteiger partial charge is 0.254 e.